The quantitative estimate of drug-likeness (QED) is 0.110. The third-order valence-electron chi connectivity index (χ3n) is 6.95. The first-order valence-corrected chi connectivity index (χ1v) is 16.3. The first kappa shape index (κ1) is 31.3. The molecule has 0 aliphatic carbocycles. The molecule has 1 N–H and O–H groups in total. The van der Waals surface area contributed by atoms with Gasteiger partial charge < -0.3 is 9.30 Å². The monoisotopic (exact) mass is 647 g/mol. The number of rotatable bonds is 12. The summed E-state index contributed by atoms with van der Waals surface area (Å²) in [5.74, 6) is -0.192. The van der Waals surface area contributed by atoms with Crippen molar-refractivity contribution in [2.75, 3.05) is 4.31 Å². The SMILES string of the molecule is CCCCc1nc(COC(=O)c2ccccc2)c(Cl)n1Cc1ccc(-c2ccsc2N(C(=O)c2ccccc2)S(=O)O)cc1. The Balaban J connectivity index is 1.36. The van der Waals surface area contributed by atoms with Gasteiger partial charge in [0, 0.05) is 17.5 Å². The molecule has 11 heteroatoms. The number of aryl methyl sites for hydroxylation is 1. The maximum atomic E-state index is 13.2. The van der Waals surface area contributed by atoms with Gasteiger partial charge in [0.25, 0.3) is 17.2 Å². The number of halogens is 1. The normalized spacial score (nSPS) is 11.7. The van der Waals surface area contributed by atoms with E-state index in [1.165, 1.54) is 11.3 Å². The number of anilines is 1. The van der Waals surface area contributed by atoms with Crippen molar-refractivity contribution in [2.45, 2.75) is 39.3 Å². The van der Waals surface area contributed by atoms with Crippen molar-refractivity contribution in [3.05, 3.63) is 130 Å². The van der Waals surface area contributed by atoms with Crippen LogP contribution < -0.4 is 4.31 Å². The number of aromatic nitrogens is 2. The zero-order valence-electron chi connectivity index (χ0n) is 23.9. The fraction of sp³-hybridized carbons (Fsp3) is 0.182. The molecule has 0 saturated carbocycles. The van der Waals surface area contributed by atoms with Gasteiger partial charge in [0.2, 0.25) is 0 Å². The van der Waals surface area contributed by atoms with Crippen molar-refractivity contribution < 1.29 is 23.1 Å². The first-order valence-electron chi connectivity index (χ1n) is 14.0. The zero-order valence-corrected chi connectivity index (χ0v) is 26.3. The van der Waals surface area contributed by atoms with Crippen LogP contribution in [0.4, 0.5) is 5.00 Å². The Morgan fingerprint density at radius 3 is 2.27 bits per heavy atom. The Morgan fingerprint density at radius 1 is 0.977 bits per heavy atom. The van der Waals surface area contributed by atoms with Crippen LogP contribution in [0.1, 0.15) is 57.6 Å². The molecule has 8 nitrogen and oxygen atoms in total. The van der Waals surface area contributed by atoms with Gasteiger partial charge in [0.1, 0.15) is 28.3 Å². The number of amides is 1. The van der Waals surface area contributed by atoms with Crippen LogP contribution in [-0.4, -0.2) is 30.2 Å². The van der Waals surface area contributed by atoms with Gasteiger partial charge in [-0.25, -0.2) is 14.0 Å². The molecule has 0 fully saturated rings. The molecule has 5 aromatic rings. The summed E-state index contributed by atoms with van der Waals surface area (Å²) >= 11 is 5.44. The number of hydrogen-bond acceptors (Lipinski definition) is 6. The summed E-state index contributed by atoms with van der Waals surface area (Å²) < 4.78 is 30.7. The Labute approximate surface area is 267 Å². The summed E-state index contributed by atoms with van der Waals surface area (Å²) in [5, 5.41) is 2.58. The van der Waals surface area contributed by atoms with Gasteiger partial charge in [-0.3, -0.25) is 9.35 Å². The maximum absolute atomic E-state index is 13.2. The van der Waals surface area contributed by atoms with E-state index in [-0.39, 0.29) is 6.61 Å². The average Bonchev–Trinajstić information content (AvgIpc) is 3.64. The molecule has 1 amide bonds. The van der Waals surface area contributed by atoms with Gasteiger partial charge in [-0.2, -0.15) is 4.31 Å². The summed E-state index contributed by atoms with van der Waals surface area (Å²) in [6.45, 7) is 2.52. The van der Waals surface area contributed by atoms with E-state index in [9.17, 15) is 18.4 Å². The Hall–Kier alpha value is -4.09. The Bertz CT molecular complexity index is 1760. The minimum Gasteiger partial charge on any atom is -0.455 e. The molecule has 0 aliphatic rings. The largest absolute Gasteiger partial charge is 0.455 e. The molecule has 226 valence electrons. The average molecular weight is 648 g/mol. The summed E-state index contributed by atoms with van der Waals surface area (Å²) in [5.41, 5.74) is 3.69. The van der Waals surface area contributed by atoms with E-state index in [0.29, 0.717) is 39.1 Å². The van der Waals surface area contributed by atoms with Gasteiger partial charge in [0.05, 0.1) is 12.1 Å². The molecule has 0 saturated heterocycles. The Morgan fingerprint density at radius 2 is 1.64 bits per heavy atom. The van der Waals surface area contributed by atoms with E-state index in [0.717, 1.165) is 40.5 Å². The fourth-order valence-corrected chi connectivity index (χ4v) is 6.57. The molecule has 5 rings (SSSR count). The standard InChI is InChI=1S/C33H30ClN3O5S2/c1-2-3-14-29-35-28(22-42-33(39)26-12-8-5-9-13-26)30(34)36(29)21-23-15-17-24(18-16-23)27-19-20-43-32(27)37(44(40)41)31(38)25-10-6-4-7-11-25/h4-13,15-20H,2-3,14,21-22H2,1H3,(H,40,41). The molecule has 1 unspecified atom stereocenters. The highest BCUT2D eigenvalue weighted by Gasteiger charge is 2.27. The van der Waals surface area contributed by atoms with Gasteiger partial charge >= 0.3 is 5.97 Å². The van der Waals surface area contributed by atoms with E-state index in [2.05, 4.69) is 6.92 Å². The molecule has 1 atom stereocenters. The van der Waals surface area contributed by atoms with Crippen molar-refractivity contribution in [3.8, 4) is 11.1 Å². The van der Waals surface area contributed by atoms with Gasteiger partial charge in [0.15, 0.2) is 0 Å². The Kier molecular flexibility index (Phi) is 10.4. The van der Waals surface area contributed by atoms with Gasteiger partial charge in [-0.15, -0.1) is 11.3 Å². The number of carbonyl (C=O) groups excluding carboxylic acids is 2. The van der Waals surface area contributed by atoms with Crippen LogP contribution in [0.5, 0.6) is 0 Å². The smallest absolute Gasteiger partial charge is 0.338 e. The van der Waals surface area contributed by atoms with Crippen LogP contribution >= 0.6 is 22.9 Å². The minimum atomic E-state index is -2.56. The number of thiophene rings is 1. The number of benzene rings is 3. The number of carbonyl (C=O) groups is 2. The molecular weight excluding hydrogens is 618 g/mol. The fourth-order valence-electron chi connectivity index (χ4n) is 4.68. The highest BCUT2D eigenvalue weighted by atomic mass is 35.5. The van der Waals surface area contributed by atoms with E-state index in [4.69, 9.17) is 21.3 Å². The summed E-state index contributed by atoms with van der Waals surface area (Å²) in [6.07, 6.45) is 2.65. The summed E-state index contributed by atoms with van der Waals surface area (Å²) in [6, 6.07) is 26.7. The second-order valence-corrected chi connectivity index (χ2v) is 12.0. The molecule has 0 spiro atoms. The van der Waals surface area contributed by atoms with E-state index in [1.54, 1.807) is 60.0 Å². The van der Waals surface area contributed by atoms with E-state index >= 15 is 0 Å². The van der Waals surface area contributed by atoms with Crippen LogP contribution in [0.3, 0.4) is 0 Å². The highest BCUT2D eigenvalue weighted by molar-refractivity contribution is 7.82. The number of ether oxygens (including phenoxy) is 1. The van der Waals surface area contributed by atoms with Crippen molar-refractivity contribution in [3.63, 3.8) is 0 Å². The lowest BCUT2D eigenvalue weighted by Crippen LogP contribution is -2.32. The van der Waals surface area contributed by atoms with Crippen LogP contribution in [0.25, 0.3) is 11.1 Å². The molecule has 2 heterocycles. The number of hydrogen-bond donors (Lipinski definition) is 1. The van der Waals surface area contributed by atoms with Crippen molar-refractivity contribution >= 4 is 51.1 Å². The number of unbranched alkanes of at least 4 members (excludes halogenated alkanes) is 1. The molecule has 0 radical (unpaired) electrons. The van der Waals surface area contributed by atoms with Gasteiger partial charge in [-0.05, 0) is 53.3 Å². The predicted molar refractivity (Wildman–Crippen MR) is 174 cm³/mol. The van der Waals surface area contributed by atoms with Crippen molar-refractivity contribution in [2.24, 2.45) is 0 Å². The molecule has 3 aromatic carbocycles. The van der Waals surface area contributed by atoms with Crippen LogP contribution in [0.15, 0.2) is 96.4 Å². The summed E-state index contributed by atoms with van der Waals surface area (Å²) in [7, 11) is 0. The van der Waals surface area contributed by atoms with E-state index in [1.807, 2.05) is 41.0 Å². The topological polar surface area (TPSA) is 102 Å². The lowest BCUT2D eigenvalue weighted by atomic mass is 10.1. The van der Waals surface area contributed by atoms with E-state index < -0.39 is 23.1 Å². The first-order chi connectivity index (χ1) is 21.4. The maximum Gasteiger partial charge on any atom is 0.338 e. The molecule has 0 aliphatic heterocycles. The zero-order chi connectivity index (χ0) is 31.1. The highest BCUT2D eigenvalue weighted by Crippen LogP contribution is 2.38. The molecule has 0 bridgehead atoms. The lowest BCUT2D eigenvalue weighted by Gasteiger charge is -2.18. The molecule has 44 heavy (non-hydrogen) atoms. The third kappa shape index (κ3) is 7.16. The number of nitrogens with zero attached hydrogens (tertiary/aromatic N) is 3. The second-order valence-electron chi connectivity index (χ2n) is 9.93. The van der Waals surface area contributed by atoms with Crippen LogP contribution in [0, 0.1) is 0 Å². The number of imidazole rings is 1. The number of esters is 1. The lowest BCUT2D eigenvalue weighted by molar-refractivity contribution is 0.0468. The second kappa shape index (κ2) is 14.6. The molecular formula is C33H30ClN3O5S2. The van der Waals surface area contributed by atoms with Crippen molar-refractivity contribution in [1.29, 1.82) is 0 Å². The summed E-state index contributed by atoms with van der Waals surface area (Å²) in [4.78, 5) is 30.3. The predicted octanol–water partition coefficient (Wildman–Crippen LogP) is 7.80. The third-order valence-corrected chi connectivity index (χ3v) is 9.05. The molecule has 2 aromatic heterocycles. The van der Waals surface area contributed by atoms with Gasteiger partial charge in [-0.1, -0.05) is 85.6 Å². The minimum absolute atomic E-state index is 0.0387. The van der Waals surface area contributed by atoms with Crippen molar-refractivity contribution in [1.82, 2.24) is 9.55 Å². The van der Waals surface area contributed by atoms with Crippen LogP contribution in [-0.2, 0) is 35.6 Å². The van der Waals surface area contributed by atoms with Crippen LogP contribution in [0.2, 0.25) is 5.15 Å².